The van der Waals surface area contributed by atoms with Gasteiger partial charge in [-0.15, -0.1) is 0 Å². The second-order valence-corrected chi connectivity index (χ2v) is 6.96. The van der Waals surface area contributed by atoms with Gasteiger partial charge in [-0.2, -0.15) is 0 Å². The molecule has 1 amide bonds. The number of carbonyl (C=O) groups excluding carboxylic acids is 1. The lowest BCUT2D eigenvalue weighted by Crippen LogP contribution is -2.62. The summed E-state index contributed by atoms with van der Waals surface area (Å²) in [5.74, 6) is 2.97. The van der Waals surface area contributed by atoms with Gasteiger partial charge < -0.3 is 10.6 Å². The molecule has 4 fully saturated rings. The standard InChI is InChI=1S/C15H26N2O/c1-3-16-14(18)10(2)17-15-7-11-4-12(8-15)6-13(5-11)9-15/h10-13,17H,3-9H2,1-2H3,(H,16,18)/t10-,11?,12?,13?,15?/m0/s1. The molecule has 102 valence electrons. The largest absolute Gasteiger partial charge is 0.355 e. The maximum Gasteiger partial charge on any atom is 0.236 e. The number of nitrogens with one attached hydrogen (secondary N) is 2. The first kappa shape index (κ1) is 12.5. The molecule has 0 heterocycles. The van der Waals surface area contributed by atoms with Crippen molar-refractivity contribution in [1.29, 1.82) is 0 Å². The highest BCUT2D eigenvalue weighted by Crippen LogP contribution is 2.55. The molecule has 3 heteroatoms. The van der Waals surface area contributed by atoms with Gasteiger partial charge in [0.1, 0.15) is 0 Å². The Kier molecular flexibility index (Phi) is 3.13. The zero-order chi connectivity index (χ0) is 12.8. The van der Waals surface area contributed by atoms with Gasteiger partial charge in [-0.3, -0.25) is 4.79 Å². The molecule has 0 aromatic carbocycles. The van der Waals surface area contributed by atoms with Gasteiger partial charge >= 0.3 is 0 Å². The molecule has 0 aliphatic heterocycles. The van der Waals surface area contributed by atoms with Crippen molar-refractivity contribution >= 4 is 5.91 Å². The van der Waals surface area contributed by atoms with Gasteiger partial charge in [-0.05, 0) is 70.1 Å². The number of hydrogen-bond acceptors (Lipinski definition) is 2. The van der Waals surface area contributed by atoms with Gasteiger partial charge in [0.05, 0.1) is 6.04 Å². The van der Waals surface area contributed by atoms with Crippen LogP contribution in [0.15, 0.2) is 0 Å². The van der Waals surface area contributed by atoms with E-state index in [0.717, 1.165) is 24.3 Å². The first-order chi connectivity index (χ1) is 8.60. The lowest BCUT2D eigenvalue weighted by atomic mass is 9.53. The molecule has 4 rings (SSSR count). The minimum Gasteiger partial charge on any atom is -0.355 e. The van der Waals surface area contributed by atoms with Gasteiger partial charge in [0.25, 0.3) is 0 Å². The van der Waals surface area contributed by atoms with Crippen LogP contribution in [0.2, 0.25) is 0 Å². The van der Waals surface area contributed by atoms with E-state index in [1.807, 2.05) is 13.8 Å². The van der Waals surface area contributed by atoms with Crippen LogP contribution in [0.3, 0.4) is 0 Å². The number of carbonyl (C=O) groups is 1. The van der Waals surface area contributed by atoms with Crippen molar-refractivity contribution in [3.8, 4) is 0 Å². The number of amides is 1. The van der Waals surface area contributed by atoms with E-state index in [-0.39, 0.29) is 11.9 Å². The minimum atomic E-state index is -0.0406. The van der Waals surface area contributed by atoms with Crippen LogP contribution in [0.1, 0.15) is 52.4 Å². The zero-order valence-electron chi connectivity index (χ0n) is 11.7. The van der Waals surface area contributed by atoms with Crippen molar-refractivity contribution in [2.75, 3.05) is 6.54 Å². The Balaban J connectivity index is 1.66. The Morgan fingerprint density at radius 2 is 1.67 bits per heavy atom. The van der Waals surface area contributed by atoms with E-state index < -0.39 is 0 Å². The minimum absolute atomic E-state index is 0.0406. The van der Waals surface area contributed by atoms with Gasteiger partial charge in [-0.25, -0.2) is 0 Å². The predicted molar refractivity (Wildman–Crippen MR) is 72.2 cm³/mol. The van der Waals surface area contributed by atoms with E-state index in [2.05, 4.69) is 10.6 Å². The fraction of sp³-hybridized carbons (Fsp3) is 0.933. The van der Waals surface area contributed by atoms with E-state index in [1.165, 1.54) is 38.5 Å². The average molecular weight is 250 g/mol. The summed E-state index contributed by atoms with van der Waals surface area (Å²) in [5.41, 5.74) is 0.291. The molecule has 2 N–H and O–H groups in total. The fourth-order valence-electron chi connectivity index (χ4n) is 5.14. The van der Waals surface area contributed by atoms with E-state index in [9.17, 15) is 4.79 Å². The first-order valence-electron chi connectivity index (χ1n) is 7.65. The Morgan fingerprint density at radius 3 is 2.11 bits per heavy atom. The second kappa shape index (κ2) is 4.52. The lowest BCUT2D eigenvalue weighted by molar-refractivity contribution is -0.124. The highest BCUT2D eigenvalue weighted by molar-refractivity contribution is 5.81. The van der Waals surface area contributed by atoms with Crippen LogP contribution < -0.4 is 10.6 Å². The van der Waals surface area contributed by atoms with E-state index in [4.69, 9.17) is 0 Å². The molecule has 1 atom stereocenters. The number of likely N-dealkylation sites (N-methyl/N-ethyl adjacent to an activating group) is 1. The maximum atomic E-state index is 11.9. The monoisotopic (exact) mass is 250 g/mol. The topological polar surface area (TPSA) is 41.1 Å². The van der Waals surface area contributed by atoms with Gasteiger partial charge in [-0.1, -0.05) is 0 Å². The summed E-state index contributed by atoms with van der Waals surface area (Å²) in [4.78, 5) is 11.9. The molecule has 18 heavy (non-hydrogen) atoms. The molecule has 4 aliphatic rings. The van der Waals surface area contributed by atoms with Crippen LogP contribution in [0.5, 0.6) is 0 Å². The smallest absolute Gasteiger partial charge is 0.236 e. The molecule has 4 bridgehead atoms. The SMILES string of the molecule is CCNC(=O)[C@H](C)NC12CC3CC(CC(C3)C1)C2. The average Bonchev–Trinajstić information content (AvgIpc) is 2.26. The van der Waals surface area contributed by atoms with Crippen LogP contribution in [-0.2, 0) is 4.79 Å². The van der Waals surface area contributed by atoms with Gasteiger partial charge in [0, 0.05) is 12.1 Å². The molecule has 0 spiro atoms. The summed E-state index contributed by atoms with van der Waals surface area (Å²) in [6.45, 7) is 4.73. The van der Waals surface area contributed by atoms with Crippen molar-refractivity contribution in [3.63, 3.8) is 0 Å². The summed E-state index contributed by atoms with van der Waals surface area (Å²) in [6, 6.07) is -0.0406. The number of hydrogen-bond donors (Lipinski definition) is 2. The Morgan fingerprint density at radius 1 is 1.17 bits per heavy atom. The zero-order valence-corrected chi connectivity index (χ0v) is 11.7. The summed E-state index contributed by atoms with van der Waals surface area (Å²) in [7, 11) is 0. The summed E-state index contributed by atoms with van der Waals surface area (Å²) in [6.07, 6.45) is 8.29. The third kappa shape index (κ3) is 2.18. The second-order valence-electron chi connectivity index (χ2n) is 6.96. The van der Waals surface area contributed by atoms with Gasteiger partial charge in [0.2, 0.25) is 5.91 Å². The third-order valence-corrected chi connectivity index (χ3v) is 5.31. The van der Waals surface area contributed by atoms with Crippen LogP contribution in [-0.4, -0.2) is 24.0 Å². The Bertz CT molecular complexity index is 304. The molecule has 0 radical (unpaired) electrons. The van der Waals surface area contributed by atoms with Crippen LogP contribution in [0.25, 0.3) is 0 Å². The van der Waals surface area contributed by atoms with Crippen LogP contribution in [0, 0.1) is 17.8 Å². The van der Waals surface area contributed by atoms with E-state index >= 15 is 0 Å². The molecular formula is C15H26N2O. The van der Waals surface area contributed by atoms with Crippen molar-refractivity contribution in [2.24, 2.45) is 17.8 Å². The van der Waals surface area contributed by atoms with Crippen LogP contribution in [0.4, 0.5) is 0 Å². The highest BCUT2D eigenvalue weighted by atomic mass is 16.2. The number of rotatable bonds is 4. The molecule has 0 unspecified atom stereocenters. The summed E-state index contributed by atoms with van der Waals surface area (Å²) < 4.78 is 0. The highest BCUT2D eigenvalue weighted by Gasteiger charge is 2.51. The first-order valence-corrected chi connectivity index (χ1v) is 7.65. The van der Waals surface area contributed by atoms with Crippen molar-refractivity contribution in [3.05, 3.63) is 0 Å². The van der Waals surface area contributed by atoms with E-state index in [0.29, 0.717) is 5.54 Å². The Labute approximate surface area is 110 Å². The van der Waals surface area contributed by atoms with Crippen LogP contribution >= 0.6 is 0 Å². The third-order valence-electron chi connectivity index (χ3n) is 5.31. The van der Waals surface area contributed by atoms with Crippen molar-refractivity contribution < 1.29 is 4.79 Å². The van der Waals surface area contributed by atoms with Crippen molar-refractivity contribution in [2.45, 2.75) is 64.0 Å². The molecule has 4 saturated carbocycles. The molecule has 0 saturated heterocycles. The molecule has 3 nitrogen and oxygen atoms in total. The molecule has 4 aliphatic carbocycles. The van der Waals surface area contributed by atoms with Crippen molar-refractivity contribution in [1.82, 2.24) is 10.6 Å². The summed E-state index contributed by atoms with van der Waals surface area (Å²) in [5, 5.41) is 6.62. The Hall–Kier alpha value is -0.570. The molecular weight excluding hydrogens is 224 g/mol. The molecule has 0 aromatic rings. The fourth-order valence-corrected chi connectivity index (χ4v) is 5.14. The molecule has 0 aromatic heterocycles. The quantitative estimate of drug-likeness (QED) is 0.802. The van der Waals surface area contributed by atoms with Gasteiger partial charge in [0.15, 0.2) is 0 Å². The van der Waals surface area contributed by atoms with E-state index in [1.54, 1.807) is 0 Å². The lowest BCUT2D eigenvalue weighted by Gasteiger charge is -2.57. The normalized spacial score (nSPS) is 42.9. The maximum absolute atomic E-state index is 11.9. The summed E-state index contributed by atoms with van der Waals surface area (Å²) >= 11 is 0. The predicted octanol–water partition coefficient (Wildman–Crippen LogP) is 2.07.